The number of aromatic nitrogens is 1. The van der Waals surface area contributed by atoms with Crippen LogP contribution in [0.3, 0.4) is 0 Å². The van der Waals surface area contributed by atoms with Crippen molar-refractivity contribution < 1.29 is 9.47 Å². The molecular weight excluding hydrogens is 348 g/mol. The first-order valence-corrected chi connectivity index (χ1v) is 8.57. The molecule has 0 spiro atoms. The summed E-state index contributed by atoms with van der Waals surface area (Å²) in [6.45, 7) is 0.483. The van der Waals surface area contributed by atoms with Gasteiger partial charge < -0.3 is 9.47 Å². The fraction of sp³-hybridized carbons (Fsp3) is 0.143. The molecule has 132 valence electrons. The number of ether oxygens (including phenoxy) is 2. The topological polar surface area (TPSA) is 55.2 Å². The van der Waals surface area contributed by atoms with E-state index in [1.54, 1.807) is 6.07 Å². The maximum Gasteiger partial charge on any atom is 0.232 e. The summed E-state index contributed by atoms with van der Waals surface area (Å²) in [5.41, 5.74) is 3.36. The van der Waals surface area contributed by atoms with Crippen LogP contribution in [-0.2, 0) is 17.8 Å². The highest BCUT2D eigenvalue weighted by atomic mass is 35.5. The van der Waals surface area contributed by atoms with E-state index < -0.39 is 0 Å². The van der Waals surface area contributed by atoms with E-state index in [9.17, 15) is 0 Å². The van der Waals surface area contributed by atoms with Crippen LogP contribution in [0.1, 0.15) is 22.5 Å². The standard InChI is InChI=1S/C21H19ClN2O2/c1-25-21(23)19-9-5-8-18(24-19)13-16-12-17(22)10-11-20(16)26-14-15-6-3-2-4-7-15/h2-12,23H,13-14H2,1H3. The van der Waals surface area contributed by atoms with Gasteiger partial charge in [-0.3, -0.25) is 5.41 Å². The Hall–Kier alpha value is -2.85. The molecule has 26 heavy (non-hydrogen) atoms. The molecule has 3 aromatic rings. The molecule has 0 radical (unpaired) electrons. The summed E-state index contributed by atoms with van der Waals surface area (Å²) in [7, 11) is 1.46. The van der Waals surface area contributed by atoms with Gasteiger partial charge in [0, 0.05) is 22.7 Å². The maximum absolute atomic E-state index is 7.76. The molecule has 0 saturated carbocycles. The Kier molecular flexibility index (Phi) is 5.87. The second kappa shape index (κ2) is 8.50. The van der Waals surface area contributed by atoms with Crippen molar-refractivity contribution in [2.24, 2.45) is 0 Å². The molecule has 2 aromatic carbocycles. The zero-order valence-corrected chi connectivity index (χ0v) is 15.2. The van der Waals surface area contributed by atoms with Crippen molar-refractivity contribution in [1.82, 2.24) is 4.98 Å². The molecule has 0 amide bonds. The Balaban J connectivity index is 1.81. The molecule has 0 aliphatic heterocycles. The van der Waals surface area contributed by atoms with Crippen LogP contribution < -0.4 is 4.74 Å². The highest BCUT2D eigenvalue weighted by molar-refractivity contribution is 6.30. The fourth-order valence-electron chi connectivity index (χ4n) is 2.57. The van der Waals surface area contributed by atoms with Gasteiger partial charge in [-0.05, 0) is 35.9 Å². The van der Waals surface area contributed by atoms with Gasteiger partial charge in [0.2, 0.25) is 5.90 Å². The summed E-state index contributed by atoms with van der Waals surface area (Å²) < 4.78 is 10.9. The van der Waals surface area contributed by atoms with E-state index in [-0.39, 0.29) is 5.90 Å². The average Bonchev–Trinajstić information content (AvgIpc) is 2.68. The Morgan fingerprint density at radius 1 is 1.04 bits per heavy atom. The number of halogens is 1. The van der Waals surface area contributed by atoms with Gasteiger partial charge in [0.1, 0.15) is 18.1 Å². The van der Waals surface area contributed by atoms with E-state index in [1.807, 2.05) is 60.7 Å². The minimum absolute atomic E-state index is 0.0403. The van der Waals surface area contributed by atoms with Gasteiger partial charge in [-0.2, -0.15) is 0 Å². The zero-order valence-electron chi connectivity index (χ0n) is 14.4. The lowest BCUT2D eigenvalue weighted by molar-refractivity contribution is 0.303. The number of methoxy groups -OCH3 is 1. The van der Waals surface area contributed by atoms with Crippen molar-refractivity contribution in [2.45, 2.75) is 13.0 Å². The van der Waals surface area contributed by atoms with Crippen LogP contribution in [-0.4, -0.2) is 18.0 Å². The molecule has 0 fully saturated rings. The Labute approximate surface area is 157 Å². The first kappa shape index (κ1) is 18.0. The van der Waals surface area contributed by atoms with Gasteiger partial charge in [0.05, 0.1) is 7.11 Å². The van der Waals surface area contributed by atoms with Crippen LogP contribution in [0, 0.1) is 5.41 Å². The van der Waals surface area contributed by atoms with Crippen LogP contribution in [0.2, 0.25) is 5.02 Å². The molecule has 0 aliphatic carbocycles. The van der Waals surface area contributed by atoms with Gasteiger partial charge in [0.15, 0.2) is 0 Å². The third kappa shape index (κ3) is 4.61. The Morgan fingerprint density at radius 3 is 2.62 bits per heavy atom. The SMILES string of the molecule is COC(=N)c1cccc(Cc2cc(Cl)ccc2OCc2ccccc2)n1. The summed E-state index contributed by atoms with van der Waals surface area (Å²) in [6.07, 6.45) is 0.551. The van der Waals surface area contributed by atoms with E-state index in [4.69, 9.17) is 26.5 Å². The molecule has 5 heteroatoms. The second-order valence-corrected chi connectivity index (χ2v) is 6.19. The maximum atomic E-state index is 7.76. The van der Waals surface area contributed by atoms with E-state index in [2.05, 4.69) is 4.98 Å². The van der Waals surface area contributed by atoms with E-state index in [1.165, 1.54) is 7.11 Å². The Bertz CT molecular complexity index is 898. The zero-order chi connectivity index (χ0) is 18.4. The molecule has 0 atom stereocenters. The van der Waals surface area contributed by atoms with Gasteiger partial charge in [-0.25, -0.2) is 4.98 Å². The molecule has 0 aliphatic rings. The number of nitrogens with one attached hydrogen (secondary N) is 1. The van der Waals surface area contributed by atoms with Gasteiger partial charge >= 0.3 is 0 Å². The van der Waals surface area contributed by atoms with E-state index >= 15 is 0 Å². The van der Waals surface area contributed by atoms with Gasteiger partial charge in [0.25, 0.3) is 0 Å². The minimum atomic E-state index is 0.0403. The monoisotopic (exact) mass is 366 g/mol. The Morgan fingerprint density at radius 2 is 1.85 bits per heavy atom. The van der Waals surface area contributed by atoms with Crippen molar-refractivity contribution in [3.63, 3.8) is 0 Å². The summed E-state index contributed by atoms with van der Waals surface area (Å²) in [5, 5.41) is 8.41. The van der Waals surface area contributed by atoms with Crippen molar-refractivity contribution in [3.8, 4) is 5.75 Å². The van der Waals surface area contributed by atoms with Crippen LogP contribution >= 0.6 is 11.6 Å². The van der Waals surface area contributed by atoms with Gasteiger partial charge in [-0.15, -0.1) is 0 Å². The van der Waals surface area contributed by atoms with E-state index in [0.29, 0.717) is 23.7 Å². The van der Waals surface area contributed by atoms with Crippen LogP contribution in [0.5, 0.6) is 5.75 Å². The number of hydrogen-bond donors (Lipinski definition) is 1. The molecule has 1 heterocycles. The number of benzene rings is 2. The predicted octanol–water partition coefficient (Wildman–Crippen LogP) is 4.88. The molecule has 4 nitrogen and oxygen atoms in total. The largest absolute Gasteiger partial charge is 0.489 e. The quantitative estimate of drug-likeness (QED) is 0.500. The summed E-state index contributed by atoms with van der Waals surface area (Å²) in [4.78, 5) is 4.48. The highest BCUT2D eigenvalue weighted by Gasteiger charge is 2.10. The molecular formula is C21H19ClN2O2. The van der Waals surface area contributed by atoms with E-state index in [0.717, 1.165) is 22.6 Å². The minimum Gasteiger partial charge on any atom is -0.489 e. The van der Waals surface area contributed by atoms with Crippen molar-refractivity contribution in [2.75, 3.05) is 7.11 Å². The number of hydrogen-bond acceptors (Lipinski definition) is 4. The molecule has 1 aromatic heterocycles. The summed E-state index contributed by atoms with van der Waals surface area (Å²) in [5.74, 6) is 0.811. The van der Waals surface area contributed by atoms with Crippen LogP contribution in [0.15, 0.2) is 66.7 Å². The third-order valence-electron chi connectivity index (χ3n) is 3.87. The molecule has 0 saturated heterocycles. The van der Waals surface area contributed by atoms with Crippen LogP contribution in [0.4, 0.5) is 0 Å². The predicted molar refractivity (Wildman–Crippen MR) is 103 cm³/mol. The smallest absolute Gasteiger partial charge is 0.232 e. The molecule has 0 bridgehead atoms. The average molecular weight is 367 g/mol. The number of nitrogens with zero attached hydrogens (tertiary/aromatic N) is 1. The van der Waals surface area contributed by atoms with Crippen LogP contribution in [0.25, 0.3) is 0 Å². The number of pyridine rings is 1. The summed E-state index contributed by atoms with van der Waals surface area (Å²) in [6, 6.07) is 21.1. The molecule has 3 rings (SSSR count). The first-order chi connectivity index (χ1) is 12.7. The van der Waals surface area contributed by atoms with Crippen molar-refractivity contribution in [1.29, 1.82) is 5.41 Å². The lowest BCUT2D eigenvalue weighted by atomic mass is 10.1. The van der Waals surface area contributed by atoms with Gasteiger partial charge in [-0.1, -0.05) is 48.0 Å². The fourth-order valence-corrected chi connectivity index (χ4v) is 2.76. The molecule has 0 unspecified atom stereocenters. The second-order valence-electron chi connectivity index (χ2n) is 5.75. The molecule has 1 N–H and O–H groups in total. The normalized spacial score (nSPS) is 10.4. The van der Waals surface area contributed by atoms with Crippen molar-refractivity contribution in [3.05, 3.63) is 94.3 Å². The lowest BCUT2D eigenvalue weighted by Crippen LogP contribution is -2.06. The first-order valence-electron chi connectivity index (χ1n) is 8.19. The van der Waals surface area contributed by atoms with Crippen molar-refractivity contribution >= 4 is 17.5 Å². The number of rotatable bonds is 6. The highest BCUT2D eigenvalue weighted by Crippen LogP contribution is 2.26. The lowest BCUT2D eigenvalue weighted by Gasteiger charge is -2.12. The summed E-state index contributed by atoms with van der Waals surface area (Å²) >= 11 is 6.17. The third-order valence-corrected chi connectivity index (χ3v) is 4.11.